The van der Waals surface area contributed by atoms with Crippen molar-refractivity contribution in [1.29, 1.82) is 0 Å². The zero-order valence-electron chi connectivity index (χ0n) is 15.1. The third-order valence-electron chi connectivity index (χ3n) is 5.08. The minimum Gasteiger partial charge on any atom is -0.355 e. The monoisotopic (exact) mass is 346 g/mol. The highest BCUT2D eigenvalue weighted by molar-refractivity contribution is 8.00. The molecule has 0 amide bonds. The van der Waals surface area contributed by atoms with E-state index in [-0.39, 0.29) is 0 Å². The van der Waals surface area contributed by atoms with Crippen LogP contribution in [-0.2, 0) is 10.0 Å². The van der Waals surface area contributed by atoms with E-state index < -0.39 is 10.0 Å². The van der Waals surface area contributed by atoms with Crippen LogP contribution in [-0.4, -0.2) is 32.2 Å². The predicted octanol–water partition coefficient (Wildman–Crippen LogP) is 3.75. The summed E-state index contributed by atoms with van der Waals surface area (Å²) in [5.74, 6) is 1.75. The van der Waals surface area contributed by atoms with Crippen LogP contribution in [0.25, 0.3) is 4.91 Å². The molecule has 1 fully saturated rings. The predicted molar refractivity (Wildman–Crippen MR) is 99.4 cm³/mol. The van der Waals surface area contributed by atoms with Crippen LogP contribution < -0.4 is 0 Å². The second-order valence-corrected chi connectivity index (χ2v) is 9.04. The summed E-state index contributed by atoms with van der Waals surface area (Å²) >= 11 is 0. The topological polar surface area (TPSA) is 49.7 Å². The average Bonchev–Trinajstić information content (AvgIpc) is 2.71. The SMILES string of the molecule is CC1=C(c2ccc(C)c(C)c2)S(=O)(=O)N=C1N1CC(C)CC(C)C1. The molecular weight excluding hydrogens is 320 g/mol. The van der Waals surface area contributed by atoms with Crippen molar-refractivity contribution in [1.82, 2.24) is 4.90 Å². The van der Waals surface area contributed by atoms with Gasteiger partial charge in [-0.05, 0) is 55.7 Å². The molecule has 2 heterocycles. The van der Waals surface area contributed by atoms with E-state index in [2.05, 4.69) is 23.1 Å². The third kappa shape index (κ3) is 3.02. The fourth-order valence-corrected chi connectivity index (χ4v) is 5.38. The first kappa shape index (κ1) is 17.2. The molecular formula is C19H26N2O2S. The molecule has 5 heteroatoms. The van der Waals surface area contributed by atoms with Gasteiger partial charge in [0.15, 0.2) is 0 Å². The summed E-state index contributed by atoms with van der Waals surface area (Å²) in [5, 5.41) is 0. The number of hydrogen-bond donors (Lipinski definition) is 0. The molecule has 24 heavy (non-hydrogen) atoms. The largest absolute Gasteiger partial charge is 0.355 e. The van der Waals surface area contributed by atoms with E-state index >= 15 is 0 Å². The highest BCUT2D eigenvalue weighted by Gasteiger charge is 2.35. The van der Waals surface area contributed by atoms with Crippen molar-refractivity contribution < 1.29 is 8.42 Å². The van der Waals surface area contributed by atoms with Crippen LogP contribution in [0, 0.1) is 25.7 Å². The molecule has 1 aromatic carbocycles. The van der Waals surface area contributed by atoms with E-state index in [9.17, 15) is 8.42 Å². The van der Waals surface area contributed by atoms with E-state index in [0.29, 0.717) is 22.6 Å². The zero-order chi connectivity index (χ0) is 17.6. The lowest BCUT2D eigenvalue weighted by Crippen LogP contribution is -2.42. The Morgan fingerprint density at radius 2 is 1.67 bits per heavy atom. The van der Waals surface area contributed by atoms with Crippen molar-refractivity contribution in [3.8, 4) is 0 Å². The van der Waals surface area contributed by atoms with Gasteiger partial charge in [-0.1, -0.05) is 32.0 Å². The Morgan fingerprint density at radius 3 is 2.25 bits per heavy atom. The molecule has 1 saturated heterocycles. The van der Waals surface area contributed by atoms with Gasteiger partial charge < -0.3 is 4.90 Å². The summed E-state index contributed by atoms with van der Waals surface area (Å²) in [4.78, 5) is 2.52. The van der Waals surface area contributed by atoms with Crippen molar-refractivity contribution in [2.75, 3.05) is 13.1 Å². The molecule has 0 aromatic heterocycles. The molecule has 2 aliphatic rings. The van der Waals surface area contributed by atoms with Crippen molar-refractivity contribution in [3.05, 3.63) is 40.5 Å². The second-order valence-electron chi connectivity index (χ2n) is 7.49. The molecule has 2 unspecified atom stereocenters. The van der Waals surface area contributed by atoms with Gasteiger partial charge in [0.1, 0.15) is 10.7 Å². The van der Waals surface area contributed by atoms with Gasteiger partial charge in [0, 0.05) is 18.7 Å². The number of likely N-dealkylation sites (tertiary alicyclic amines) is 1. The Hall–Kier alpha value is -1.62. The number of nitrogens with zero attached hydrogens (tertiary/aromatic N) is 2. The normalized spacial score (nSPS) is 26.7. The molecule has 2 atom stereocenters. The van der Waals surface area contributed by atoms with Crippen LogP contribution in [0.5, 0.6) is 0 Å². The third-order valence-corrected chi connectivity index (χ3v) is 6.55. The molecule has 0 N–H and O–H groups in total. The summed E-state index contributed by atoms with van der Waals surface area (Å²) in [6, 6.07) is 5.81. The molecule has 0 radical (unpaired) electrons. The number of hydrogen-bond acceptors (Lipinski definition) is 3. The summed E-state index contributed by atoms with van der Waals surface area (Å²) in [6.45, 7) is 12.1. The summed E-state index contributed by atoms with van der Waals surface area (Å²) in [5.41, 5.74) is 3.77. The summed E-state index contributed by atoms with van der Waals surface area (Å²) in [6.07, 6.45) is 1.18. The Labute approximate surface area is 145 Å². The molecule has 0 saturated carbocycles. The van der Waals surface area contributed by atoms with Gasteiger partial charge >= 0.3 is 0 Å². The molecule has 1 aromatic rings. The van der Waals surface area contributed by atoms with Crippen LogP contribution in [0.3, 0.4) is 0 Å². The Kier molecular flexibility index (Phi) is 4.32. The van der Waals surface area contributed by atoms with Gasteiger partial charge in [0.05, 0.1) is 0 Å². The quantitative estimate of drug-likeness (QED) is 0.778. The van der Waals surface area contributed by atoms with E-state index in [1.54, 1.807) is 0 Å². The minimum atomic E-state index is -3.63. The first-order valence-electron chi connectivity index (χ1n) is 8.58. The summed E-state index contributed by atoms with van der Waals surface area (Å²) < 4.78 is 29.6. The lowest BCUT2D eigenvalue weighted by atomic mass is 9.91. The van der Waals surface area contributed by atoms with Crippen molar-refractivity contribution in [2.45, 2.75) is 41.0 Å². The van der Waals surface area contributed by atoms with E-state index in [0.717, 1.165) is 35.4 Å². The Balaban J connectivity index is 2.04. The molecule has 3 rings (SSSR count). The molecule has 4 nitrogen and oxygen atoms in total. The molecule has 0 bridgehead atoms. The first-order chi connectivity index (χ1) is 11.2. The maximum absolute atomic E-state index is 12.7. The van der Waals surface area contributed by atoms with E-state index in [1.165, 1.54) is 6.42 Å². The van der Waals surface area contributed by atoms with Crippen LogP contribution in [0.2, 0.25) is 0 Å². The maximum atomic E-state index is 12.7. The van der Waals surface area contributed by atoms with Gasteiger partial charge in [-0.2, -0.15) is 8.42 Å². The van der Waals surface area contributed by atoms with Gasteiger partial charge in [-0.15, -0.1) is 4.40 Å². The number of rotatable bonds is 1. The highest BCUT2D eigenvalue weighted by atomic mass is 32.2. The number of aryl methyl sites for hydroxylation is 2. The van der Waals surface area contributed by atoms with Gasteiger partial charge in [-0.25, -0.2) is 0 Å². The van der Waals surface area contributed by atoms with Gasteiger partial charge in [0.2, 0.25) is 0 Å². The van der Waals surface area contributed by atoms with Crippen LogP contribution in [0.15, 0.2) is 28.2 Å². The maximum Gasteiger partial charge on any atom is 0.285 e. The Morgan fingerprint density at radius 1 is 1.04 bits per heavy atom. The van der Waals surface area contributed by atoms with E-state index in [4.69, 9.17) is 0 Å². The Bertz CT molecular complexity index is 827. The fraction of sp³-hybridized carbons (Fsp3) is 0.526. The van der Waals surface area contributed by atoms with Crippen LogP contribution in [0.4, 0.5) is 0 Å². The minimum absolute atomic E-state index is 0.367. The second kappa shape index (κ2) is 6.03. The number of sulfonamides is 1. The van der Waals surface area contributed by atoms with Crippen molar-refractivity contribution >= 4 is 20.8 Å². The van der Waals surface area contributed by atoms with Crippen LogP contribution in [0.1, 0.15) is 43.9 Å². The number of benzene rings is 1. The van der Waals surface area contributed by atoms with Crippen molar-refractivity contribution in [2.24, 2.45) is 16.2 Å². The average molecular weight is 346 g/mol. The zero-order valence-corrected chi connectivity index (χ0v) is 15.9. The molecule has 0 aliphatic carbocycles. The number of piperidine rings is 1. The smallest absolute Gasteiger partial charge is 0.285 e. The summed E-state index contributed by atoms with van der Waals surface area (Å²) in [7, 11) is -3.63. The first-order valence-corrected chi connectivity index (χ1v) is 10.0. The van der Waals surface area contributed by atoms with Gasteiger partial charge in [-0.3, -0.25) is 0 Å². The lowest BCUT2D eigenvalue weighted by molar-refractivity contribution is 0.214. The van der Waals surface area contributed by atoms with Crippen molar-refractivity contribution in [3.63, 3.8) is 0 Å². The molecule has 130 valence electrons. The highest BCUT2D eigenvalue weighted by Crippen LogP contribution is 2.35. The van der Waals surface area contributed by atoms with E-state index in [1.807, 2.05) is 39.0 Å². The fourth-order valence-electron chi connectivity index (χ4n) is 3.90. The van der Waals surface area contributed by atoms with Crippen LogP contribution >= 0.6 is 0 Å². The standard InChI is InChI=1S/C19H26N2O2S/c1-12-8-13(2)11-21(10-12)19-16(5)18(24(22,23)20-19)17-7-6-14(3)15(4)9-17/h6-7,9,12-13H,8,10-11H2,1-5H3. The number of amidine groups is 1. The lowest BCUT2D eigenvalue weighted by Gasteiger charge is -2.36. The molecule has 2 aliphatic heterocycles. The molecule has 0 spiro atoms. The van der Waals surface area contributed by atoms with Gasteiger partial charge in [0.25, 0.3) is 10.0 Å².